The second kappa shape index (κ2) is 11.2. The molecule has 3 N–H and O–H groups in total. The molecular weight excluding hydrogens is 392 g/mol. The number of aliphatic imine (C=N–C) groups is 1. The maximum Gasteiger partial charge on any atom is 0.216 e. The van der Waals surface area contributed by atoms with Crippen molar-refractivity contribution in [3.8, 4) is 17.3 Å². The predicted octanol–water partition coefficient (Wildman–Crippen LogP) is 3.85. The average Bonchev–Trinajstić information content (AvgIpc) is 3.45. The van der Waals surface area contributed by atoms with Gasteiger partial charge in [0.05, 0.1) is 18.9 Å². The molecule has 8 heteroatoms. The van der Waals surface area contributed by atoms with Gasteiger partial charge in [-0.15, -0.1) is 0 Å². The number of H-pyrrole nitrogens is 1. The van der Waals surface area contributed by atoms with Gasteiger partial charge in [0, 0.05) is 25.1 Å². The van der Waals surface area contributed by atoms with E-state index in [4.69, 9.17) is 14.1 Å². The number of aromatic amines is 1. The molecule has 0 aliphatic heterocycles. The zero-order valence-electron chi connectivity index (χ0n) is 18.7. The molecule has 0 amide bonds. The molecule has 0 aliphatic carbocycles. The fraction of sp³-hybridized carbons (Fsp3) is 0.435. The Kier molecular flexibility index (Phi) is 8.09. The minimum absolute atomic E-state index is 0.170. The fourth-order valence-corrected chi connectivity index (χ4v) is 2.93. The third-order valence-electron chi connectivity index (χ3n) is 4.80. The zero-order chi connectivity index (χ0) is 22.1. The van der Waals surface area contributed by atoms with Gasteiger partial charge < -0.3 is 19.8 Å². The Labute approximate surface area is 183 Å². The van der Waals surface area contributed by atoms with E-state index in [1.807, 2.05) is 19.1 Å². The number of furan rings is 1. The number of guanidine groups is 1. The summed E-state index contributed by atoms with van der Waals surface area (Å²) in [6.07, 6.45) is 3.43. The third-order valence-corrected chi connectivity index (χ3v) is 4.80. The molecule has 0 fully saturated rings. The molecule has 0 aliphatic rings. The van der Waals surface area contributed by atoms with Crippen molar-refractivity contribution in [3.63, 3.8) is 0 Å². The van der Waals surface area contributed by atoms with Crippen LogP contribution in [-0.2, 0) is 13.0 Å². The van der Waals surface area contributed by atoms with E-state index in [2.05, 4.69) is 64.8 Å². The van der Waals surface area contributed by atoms with Crippen LogP contribution < -0.4 is 15.4 Å². The lowest BCUT2D eigenvalue weighted by Crippen LogP contribution is -2.38. The fourth-order valence-electron chi connectivity index (χ4n) is 2.93. The molecule has 31 heavy (non-hydrogen) atoms. The second-order valence-electron chi connectivity index (χ2n) is 7.40. The van der Waals surface area contributed by atoms with Crippen LogP contribution >= 0.6 is 0 Å². The Morgan fingerprint density at radius 1 is 1.26 bits per heavy atom. The van der Waals surface area contributed by atoms with Crippen molar-refractivity contribution in [2.45, 2.75) is 53.2 Å². The van der Waals surface area contributed by atoms with Crippen LogP contribution in [0.5, 0.6) is 5.75 Å². The number of ether oxygens (including phenoxy) is 1. The number of hydrogen-bond acceptors (Lipinski definition) is 5. The molecule has 0 radical (unpaired) electrons. The van der Waals surface area contributed by atoms with E-state index in [1.54, 1.807) is 6.26 Å². The molecule has 0 saturated heterocycles. The lowest BCUT2D eigenvalue weighted by atomic mass is 10.1. The van der Waals surface area contributed by atoms with Crippen LogP contribution in [0.25, 0.3) is 11.6 Å². The minimum atomic E-state index is 0.170. The molecule has 0 spiro atoms. The highest BCUT2D eigenvalue weighted by molar-refractivity contribution is 5.79. The van der Waals surface area contributed by atoms with Gasteiger partial charge in [0.1, 0.15) is 11.6 Å². The van der Waals surface area contributed by atoms with Gasteiger partial charge in [0.15, 0.2) is 11.7 Å². The van der Waals surface area contributed by atoms with Gasteiger partial charge in [0.25, 0.3) is 0 Å². The average molecular weight is 425 g/mol. The Bertz CT molecular complexity index is 964. The molecule has 8 nitrogen and oxygen atoms in total. The zero-order valence-corrected chi connectivity index (χ0v) is 18.7. The van der Waals surface area contributed by atoms with Gasteiger partial charge in [-0.3, -0.25) is 5.10 Å². The molecule has 3 aromatic rings. The summed E-state index contributed by atoms with van der Waals surface area (Å²) in [6.45, 7) is 10.3. The van der Waals surface area contributed by atoms with E-state index >= 15 is 0 Å². The first-order valence-electron chi connectivity index (χ1n) is 10.8. The number of aromatic nitrogens is 3. The largest absolute Gasteiger partial charge is 0.490 e. The molecule has 166 valence electrons. The molecular formula is C23H32N6O2. The molecule has 1 aromatic carbocycles. The van der Waals surface area contributed by atoms with Crippen molar-refractivity contribution in [2.24, 2.45) is 4.99 Å². The van der Waals surface area contributed by atoms with Crippen LogP contribution in [0.4, 0.5) is 0 Å². The maximum atomic E-state index is 6.10. The summed E-state index contributed by atoms with van der Waals surface area (Å²) in [7, 11) is 0. The summed E-state index contributed by atoms with van der Waals surface area (Å²) >= 11 is 0. The number of benzene rings is 1. The number of rotatable bonds is 10. The van der Waals surface area contributed by atoms with Crippen LogP contribution in [-0.4, -0.2) is 40.3 Å². The number of aryl methyl sites for hydroxylation is 1. The predicted molar refractivity (Wildman–Crippen MR) is 122 cm³/mol. The molecule has 1 unspecified atom stereocenters. The van der Waals surface area contributed by atoms with Crippen molar-refractivity contribution in [1.82, 2.24) is 25.8 Å². The summed E-state index contributed by atoms with van der Waals surface area (Å²) < 4.78 is 11.4. The van der Waals surface area contributed by atoms with E-state index in [1.165, 1.54) is 5.56 Å². The molecule has 0 bridgehead atoms. The van der Waals surface area contributed by atoms with Crippen molar-refractivity contribution >= 4 is 5.96 Å². The summed E-state index contributed by atoms with van der Waals surface area (Å²) in [4.78, 5) is 9.20. The SMILES string of the molecule is CCNC(=NCc1ccc(C)cc1OC(C)CC)NCCc1nc(-c2ccco2)n[nH]1. The molecule has 0 saturated carbocycles. The summed E-state index contributed by atoms with van der Waals surface area (Å²) in [5.74, 6) is 3.66. The van der Waals surface area contributed by atoms with Crippen LogP contribution in [0, 0.1) is 6.92 Å². The van der Waals surface area contributed by atoms with Crippen LogP contribution in [0.1, 0.15) is 44.1 Å². The highest BCUT2D eigenvalue weighted by atomic mass is 16.5. The van der Waals surface area contributed by atoms with E-state index in [9.17, 15) is 0 Å². The Morgan fingerprint density at radius 2 is 2.13 bits per heavy atom. The smallest absolute Gasteiger partial charge is 0.216 e. The monoisotopic (exact) mass is 424 g/mol. The number of nitrogens with one attached hydrogen (secondary N) is 3. The molecule has 3 rings (SSSR count). The van der Waals surface area contributed by atoms with Crippen molar-refractivity contribution < 1.29 is 9.15 Å². The summed E-state index contributed by atoms with van der Waals surface area (Å²) in [5, 5.41) is 13.8. The topological polar surface area (TPSA) is 100 Å². The molecule has 2 heterocycles. The standard InChI is InChI=1S/C23H32N6O2/c1-5-17(4)31-20-14-16(3)9-10-18(20)15-26-23(24-6-2)25-12-11-21-27-22(29-28-21)19-8-7-13-30-19/h7-10,13-14,17H,5-6,11-12,15H2,1-4H3,(H2,24,25,26)(H,27,28,29). The van der Waals surface area contributed by atoms with E-state index < -0.39 is 0 Å². The molecule has 2 aromatic heterocycles. The van der Waals surface area contributed by atoms with Crippen molar-refractivity contribution in [3.05, 3.63) is 53.5 Å². The minimum Gasteiger partial charge on any atom is -0.490 e. The van der Waals surface area contributed by atoms with E-state index in [-0.39, 0.29) is 6.10 Å². The van der Waals surface area contributed by atoms with Crippen molar-refractivity contribution in [2.75, 3.05) is 13.1 Å². The Balaban J connectivity index is 1.59. The van der Waals surface area contributed by atoms with Gasteiger partial charge in [-0.2, -0.15) is 5.10 Å². The number of hydrogen-bond donors (Lipinski definition) is 3. The lowest BCUT2D eigenvalue weighted by Gasteiger charge is -2.17. The van der Waals surface area contributed by atoms with Crippen LogP contribution in [0.15, 0.2) is 46.0 Å². The van der Waals surface area contributed by atoms with Gasteiger partial charge in [-0.25, -0.2) is 9.98 Å². The first kappa shape index (κ1) is 22.4. The van der Waals surface area contributed by atoms with Gasteiger partial charge in [-0.1, -0.05) is 19.1 Å². The second-order valence-corrected chi connectivity index (χ2v) is 7.40. The van der Waals surface area contributed by atoms with E-state index in [0.29, 0.717) is 31.1 Å². The first-order valence-corrected chi connectivity index (χ1v) is 10.8. The van der Waals surface area contributed by atoms with Gasteiger partial charge in [0.2, 0.25) is 5.82 Å². The first-order chi connectivity index (χ1) is 15.1. The normalized spacial score (nSPS) is 12.6. The highest BCUT2D eigenvalue weighted by Gasteiger charge is 2.10. The van der Waals surface area contributed by atoms with Crippen molar-refractivity contribution in [1.29, 1.82) is 0 Å². The lowest BCUT2D eigenvalue weighted by molar-refractivity contribution is 0.215. The van der Waals surface area contributed by atoms with Crippen LogP contribution in [0.2, 0.25) is 0 Å². The highest BCUT2D eigenvalue weighted by Crippen LogP contribution is 2.23. The Hall–Kier alpha value is -3.29. The summed E-state index contributed by atoms with van der Waals surface area (Å²) in [5.41, 5.74) is 2.25. The van der Waals surface area contributed by atoms with Gasteiger partial charge >= 0.3 is 0 Å². The summed E-state index contributed by atoms with van der Waals surface area (Å²) in [6, 6.07) is 9.92. The molecule has 1 atom stereocenters. The maximum absolute atomic E-state index is 6.10. The van der Waals surface area contributed by atoms with Crippen LogP contribution in [0.3, 0.4) is 0 Å². The third kappa shape index (κ3) is 6.60. The Morgan fingerprint density at radius 3 is 2.87 bits per heavy atom. The number of nitrogens with zero attached hydrogens (tertiary/aromatic N) is 3. The van der Waals surface area contributed by atoms with E-state index in [0.717, 1.165) is 36.1 Å². The quantitative estimate of drug-likeness (QED) is 0.338. The van der Waals surface area contributed by atoms with Gasteiger partial charge in [-0.05, 0) is 51.0 Å².